The van der Waals surface area contributed by atoms with E-state index in [1.165, 1.54) is 30.5 Å². The lowest BCUT2D eigenvalue weighted by molar-refractivity contribution is 0.190. The first kappa shape index (κ1) is 15.7. The van der Waals surface area contributed by atoms with Crippen LogP contribution in [0.4, 0.5) is 14.9 Å². The molecule has 2 heterocycles. The third-order valence-electron chi connectivity index (χ3n) is 3.68. The summed E-state index contributed by atoms with van der Waals surface area (Å²) in [6.07, 6.45) is 2.02. The number of halogens is 1. The predicted octanol–water partition coefficient (Wildman–Crippen LogP) is 2.78. The van der Waals surface area contributed by atoms with Crippen LogP contribution in [0.1, 0.15) is 12.0 Å². The molecule has 0 saturated carbocycles. The van der Waals surface area contributed by atoms with E-state index in [9.17, 15) is 9.18 Å². The Hall–Kier alpha value is -3.14. The maximum absolute atomic E-state index is 12.9. The number of nitriles is 1. The summed E-state index contributed by atoms with van der Waals surface area (Å²) in [5.41, 5.74) is 1.01. The number of anilines is 1. The standard InChI is InChI=1S/C17H15FN4O2/c18-13-1-3-14(4-2-13)21-17(23)22-8-6-15(11-22)24-16-9-12(10-19)5-7-20-16/h1-5,7,9,15H,6,8,11H2,(H,21,23). The van der Waals surface area contributed by atoms with Gasteiger partial charge in [-0.05, 0) is 30.3 Å². The van der Waals surface area contributed by atoms with Crippen molar-refractivity contribution in [1.29, 1.82) is 5.26 Å². The number of likely N-dealkylation sites (tertiary alicyclic amines) is 1. The van der Waals surface area contributed by atoms with Crippen LogP contribution < -0.4 is 10.1 Å². The van der Waals surface area contributed by atoms with Gasteiger partial charge in [0.05, 0.1) is 18.2 Å². The zero-order chi connectivity index (χ0) is 16.9. The molecule has 122 valence electrons. The molecule has 0 radical (unpaired) electrons. The van der Waals surface area contributed by atoms with Gasteiger partial charge in [-0.25, -0.2) is 14.2 Å². The minimum Gasteiger partial charge on any atom is -0.472 e. The molecule has 1 aromatic carbocycles. The van der Waals surface area contributed by atoms with Crippen molar-refractivity contribution >= 4 is 11.7 Å². The number of benzene rings is 1. The second-order valence-corrected chi connectivity index (χ2v) is 5.41. The van der Waals surface area contributed by atoms with Crippen molar-refractivity contribution in [1.82, 2.24) is 9.88 Å². The van der Waals surface area contributed by atoms with E-state index in [4.69, 9.17) is 10.00 Å². The van der Waals surface area contributed by atoms with Crippen molar-refractivity contribution in [3.05, 3.63) is 54.0 Å². The Balaban J connectivity index is 1.55. The molecule has 1 aliphatic rings. The lowest BCUT2D eigenvalue weighted by atomic mass is 10.3. The molecule has 1 fully saturated rings. The maximum Gasteiger partial charge on any atom is 0.321 e. The summed E-state index contributed by atoms with van der Waals surface area (Å²) >= 11 is 0. The van der Waals surface area contributed by atoms with Crippen LogP contribution in [-0.4, -0.2) is 35.1 Å². The SMILES string of the molecule is N#Cc1ccnc(OC2CCN(C(=O)Nc3ccc(F)cc3)C2)c1. The van der Waals surface area contributed by atoms with Crippen LogP contribution in [0.3, 0.4) is 0 Å². The first-order valence-corrected chi connectivity index (χ1v) is 7.48. The summed E-state index contributed by atoms with van der Waals surface area (Å²) < 4.78 is 18.6. The molecule has 1 unspecified atom stereocenters. The van der Waals surface area contributed by atoms with Crippen LogP contribution >= 0.6 is 0 Å². The van der Waals surface area contributed by atoms with Gasteiger partial charge in [0.25, 0.3) is 0 Å². The van der Waals surface area contributed by atoms with Crippen LogP contribution in [0.15, 0.2) is 42.6 Å². The number of hydrogen-bond donors (Lipinski definition) is 1. The average molecular weight is 326 g/mol. The Bertz CT molecular complexity index is 773. The Morgan fingerprint density at radius 1 is 1.38 bits per heavy atom. The van der Waals surface area contributed by atoms with Crippen molar-refractivity contribution < 1.29 is 13.9 Å². The number of rotatable bonds is 3. The largest absolute Gasteiger partial charge is 0.472 e. The molecule has 3 rings (SSSR count). The molecular formula is C17H15FN4O2. The fourth-order valence-corrected chi connectivity index (χ4v) is 2.46. The van der Waals surface area contributed by atoms with Crippen molar-refractivity contribution in [2.75, 3.05) is 18.4 Å². The number of amides is 2. The van der Waals surface area contributed by atoms with E-state index in [0.29, 0.717) is 36.6 Å². The monoisotopic (exact) mass is 326 g/mol. The number of hydrogen-bond acceptors (Lipinski definition) is 4. The van der Waals surface area contributed by atoms with Crippen molar-refractivity contribution in [2.24, 2.45) is 0 Å². The number of carbonyl (C=O) groups excluding carboxylic acids is 1. The van der Waals surface area contributed by atoms with E-state index in [0.717, 1.165) is 0 Å². The quantitative estimate of drug-likeness (QED) is 0.941. The summed E-state index contributed by atoms with van der Waals surface area (Å²) in [5.74, 6) is 0.0228. The first-order chi connectivity index (χ1) is 11.6. The van der Waals surface area contributed by atoms with Gasteiger partial charge < -0.3 is 15.0 Å². The first-order valence-electron chi connectivity index (χ1n) is 7.48. The Labute approximate surface area is 138 Å². The van der Waals surface area contributed by atoms with Gasteiger partial charge in [0.15, 0.2) is 0 Å². The molecule has 1 N–H and O–H groups in total. The zero-order valence-electron chi connectivity index (χ0n) is 12.8. The second-order valence-electron chi connectivity index (χ2n) is 5.41. The number of urea groups is 1. The lowest BCUT2D eigenvalue weighted by Gasteiger charge is -2.17. The van der Waals surface area contributed by atoms with Gasteiger partial charge in [-0.2, -0.15) is 5.26 Å². The van der Waals surface area contributed by atoms with Crippen molar-refractivity contribution in [3.63, 3.8) is 0 Å². The molecule has 6 nitrogen and oxygen atoms in total. The summed E-state index contributed by atoms with van der Waals surface area (Å²) in [4.78, 5) is 17.9. The zero-order valence-corrected chi connectivity index (χ0v) is 12.8. The average Bonchev–Trinajstić information content (AvgIpc) is 3.06. The predicted molar refractivity (Wildman–Crippen MR) is 85.0 cm³/mol. The molecule has 1 atom stereocenters. The Kier molecular flexibility index (Phi) is 4.57. The van der Waals surface area contributed by atoms with E-state index in [1.807, 2.05) is 6.07 Å². The number of carbonyl (C=O) groups is 1. The summed E-state index contributed by atoms with van der Waals surface area (Å²) in [6, 6.07) is 10.5. The molecule has 2 amide bonds. The highest BCUT2D eigenvalue weighted by molar-refractivity contribution is 5.89. The minimum absolute atomic E-state index is 0.176. The third-order valence-corrected chi connectivity index (χ3v) is 3.68. The van der Waals surface area contributed by atoms with E-state index in [1.54, 1.807) is 17.0 Å². The maximum atomic E-state index is 12.9. The van der Waals surface area contributed by atoms with Gasteiger partial charge in [-0.15, -0.1) is 0 Å². The summed E-state index contributed by atoms with van der Waals surface area (Å²) in [7, 11) is 0. The fourth-order valence-electron chi connectivity index (χ4n) is 2.46. The summed E-state index contributed by atoms with van der Waals surface area (Å²) in [5, 5.41) is 11.6. The van der Waals surface area contributed by atoms with Gasteiger partial charge >= 0.3 is 6.03 Å². The van der Waals surface area contributed by atoms with Crippen molar-refractivity contribution in [3.8, 4) is 11.9 Å². The van der Waals surface area contributed by atoms with Crippen molar-refractivity contribution in [2.45, 2.75) is 12.5 Å². The Morgan fingerprint density at radius 2 is 2.17 bits per heavy atom. The smallest absolute Gasteiger partial charge is 0.321 e. The topological polar surface area (TPSA) is 78.2 Å². The number of nitrogens with one attached hydrogen (secondary N) is 1. The second kappa shape index (κ2) is 6.96. The molecule has 7 heteroatoms. The molecule has 0 bridgehead atoms. The van der Waals surface area contributed by atoms with Crippen LogP contribution in [0.2, 0.25) is 0 Å². The van der Waals surface area contributed by atoms with E-state index >= 15 is 0 Å². The van der Waals surface area contributed by atoms with E-state index < -0.39 is 0 Å². The highest BCUT2D eigenvalue weighted by atomic mass is 19.1. The highest BCUT2D eigenvalue weighted by Crippen LogP contribution is 2.18. The van der Waals surface area contributed by atoms with E-state index in [-0.39, 0.29) is 18.0 Å². The molecule has 1 aromatic heterocycles. The molecule has 1 saturated heterocycles. The van der Waals surface area contributed by atoms with Gasteiger partial charge in [-0.3, -0.25) is 0 Å². The summed E-state index contributed by atoms with van der Waals surface area (Å²) in [6.45, 7) is 0.973. The van der Waals surface area contributed by atoms with Gasteiger partial charge in [0, 0.05) is 30.9 Å². The number of ether oxygens (including phenoxy) is 1. The van der Waals surface area contributed by atoms with Crippen LogP contribution in [0.25, 0.3) is 0 Å². The fraction of sp³-hybridized carbons (Fsp3) is 0.235. The number of pyridine rings is 1. The van der Waals surface area contributed by atoms with Gasteiger partial charge in [0.2, 0.25) is 5.88 Å². The number of aromatic nitrogens is 1. The normalized spacial score (nSPS) is 16.5. The van der Waals surface area contributed by atoms with Crippen LogP contribution in [0.5, 0.6) is 5.88 Å². The van der Waals surface area contributed by atoms with Gasteiger partial charge in [-0.1, -0.05) is 0 Å². The molecular weight excluding hydrogens is 311 g/mol. The molecule has 24 heavy (non-hydrogen) atoms. The highest BCUT2D eigenvalue weighted by Gasteiger charge is 2.28. The Morgan fingerprint density at radius 3 is 2.92 bits per heavy atom. The molecule has 2 aromatic rings. The lowest BCUT2D eigenvalue weighted by Crippen LogP contribution is -2.34. The van der Waals surface area contributed by atoms with Gasteiger partial charge in [0.1, 0.15) is 11.9 Å². The van der Waals surface area contributed by atoms with E-state index in [2.05, 4.69) is 10.3 Å². The van der Waals surface area contributed by atoms with Crippen LogP contribution in [-0.2, 0) is 0 Å². The van der Waals surface area contributed by atoms with Crippen LogP contribution in [0, 0.1) is 17.1 Å². The molecule has 1 aliphatic heterocycles. The number of nitrogens with zero attached hydrogens (tertiary/aromatic N) is 3. The third kappa shape index (κ3) is 3.79. The molecule has 0 spiro atoms. The molecule has 0 aliphatic carbocycles. The minimum atomic E-state index is -0.352.